The van der Waals surface area contributed by atoms with Crippen LogP contribution in [0.25, 0.3) is 0 Å². The van der Waals surface area contributed by atoms with E-state index >= 15 is 0 Å². The number of hydrogen-bond donors (Lipinski definition) is 3. The van der Waals surface area contributed by atoms with Crippen LogP contribution in [-0.4, -0.2) is 28.4 Å². The molecular formula is C20H17ClF3N5O. The first-order chi connectivity index (χ1) is 14.3. The molecule has 0 saturated heterocycles. The van der Waals surface area contributed by atoms with Crippen LogP contribution >= 0.6 is 11.6 Å². The number of halogens is 4. The number of aromatic nitrogens is 2. The number of hydrogen-bond acceptors (Lipinski definition) is 3. The van der Waals surface area contributed by atoms with E-state index < -0.39 is 17.6 Å². The number of aromatic amines is 1. The van der Waals surface area contributed by atoms with E-state index in [0.717, 1.165) is 17.8 Å². The summed E-state index contributed by atoms with van der Waals surface area (Å²) in [5.74, 6) is -0.490. The lowest BCUT2D eigenvalue weighted by Crippen LogP contribution is -2.36. The fraction of sp³-hybridized carbons (Fsp3) is 0.150. The first-order valence-electron chi connectivity index (χ1n) is 8.84. The molecule has 0 fully saturated rings. The van der Waals surface area contributed by atoms with Crippen molar-refractivity contribution in [3.8, 4) is 0 Å². The van der Waals surface area contributed by atoms with Crippen molar-refractivity contribution in [2.75, 3.05) is 11.9 Å². The lowest BCUT2D eigenvalue weighted by Gasteiger charge is -2.14. The van der Waals surface area contributed by atoms with E-state index in [9.17, 15) is 18.0 Å². The maximum Gasteiger partial charge on any atom is 0.416 e. The largest absolute Gasteiger partial charge is 0.416 e. The summed E-state index contributed by atoms with van der Waals surface area (Å²) in [6.45, 7) is 0.263. The molecule has 0 saturated carbocycles. The molecule has 156 valence electrons. The molecule has 3 aromatic rings. The maximum absolute atomic E-state index is 13.0. The van der Waals surface area contributed by atoms with Gasteiger partial charge in [0.15, 0.2) is 0 Å². The van der Waals surface area contributed by atoms with Gasteiger partial charge in [0, 0.05) is 41.1 Å². The number of anilines is 1. The standard InChI is InChI=1S/C20H17ClF3N5O/c21-15-5-1-3-13(9-15)18(30)29-19(26-8-7-17-11-25-12-27-17)28-16-6-2-4-14(10-16)20(22,23)24/h1-6,9-12H,7-8H2,(H,25,27)(H2,26,28,29,30). The second kappa shape index (κ2) is 9.45. The van der Waals surface area contributed by atoms with Crippen LogP contribution in [0.4, 0.5) is 18.9 Å². The molecular weight excluding hydrogens is 419 g/mol. The predicted octanol–water partition coefficient (Wildman–Crippen LogP) is 4.52. The Balaban J connectivity index is 1.79. The Morgan fingerprint density at radius 3 is 2.67 bits per heavy atom. The van der Waals surface area contributed by atoms with Crippen molar-refractivity contribution in [2.45, 2.75) is 12.6 Å². The average Bonchev–Trinajstić information content (AvgIpc) is 3.21. The molecule has 2 aromatic carbocycles. The van der Waals surface area contributed by atoms with Gasteiger partial charge in [0.2, 0.25) is 5.96 Å². The van der Waals surface area contributed by atoms with E-state index in [4.69, 9.17) is 11.6 Å². The summed E-state index contributed by atoms with van der Waals surface area (Å²) >= 11 is 5.91. The number of H-pyrrole nitrogens is 1. The van der Waals surface area contributed by atoms with Gasteiger partial charge in [0.05, 0.1) is 11.9 Å². The zero-order valence-corrected chi connectivity index (χ0v) is 16.3. The van der Waals surface area contributed by atoms with Crippen LogP contribution in [0.15, 0.2) is 66.0 Å². The molecule has 6 nitrogen and oxygen atoms in total. The predicted molar refractivity (Wildman–Crippen MR) is 109 cm³/mol. The molecule has 10 heteroatoms. The second-order valence-electron chi connectivity index (χ2n) is 6.23. The number of guanidine groups is 1. The smallest absolute Gasteiger partial charge is 0.348 e. The Hall–Kier alpha value is -3.33. The number of aliphatic imine (C=N–C) groups is 1. The van der Waals surface area contributed by atoms with E-state index in [1.807, 2.05) is 0 Å². The van der Waals surface area contributed by atoms with Gasteiger partial charge in [-0.05, 0) is 36.4 Å². The highest BCUT2D eigenvalue weighted by Crippen LogP contribution is 2.30. The number of nitrogens with zero attached hydrogens (tertiary/aromatic N) is 2. The minimum atomic E-state index is -4.49. The summed E-state index contributed by atoms with van der Waals surface area (Å²) < 4.78 is 39.0. The highest BCUT2D eigenvalue weighted by molar-refractivity contribution is 6.31. The van der Waals surface area contributed by atoms with Gasteiger partial charge in [-0.25, -0.2) is 4.98 Å². The van der Waals surface area contributed by atoms with Crippen molar-refractivity contribution in [3.63, 3.8) is 0 Å². The van der Waals surface area contributed by atoms with E-state index in [1.54, 1.807) is 24.4 Å². The van der Waals surface area contributed by atoms with Gasteiger partial charge in [-0.3, -0.25) is 15.1 Å². The van der Waals surface area contributed by atoms with E-state index in [2.05, 4.69) is 25.6 Å². The van der Waals surface area contributed by atoms with Gasteiger partial charge >= 0.3 is 6.18 Å². The second-order valence-corrected chi connectivity index (χ2v) is 6.66. The van der Waals surface area contributed by atoms with Crippen molar-refractivity contribution in [3.05, 3.63) is 82.9 Å². The molecule has 0 aliphatic carbocycles. The summed E-state index contributed by atoms with van der Waals surface area (Å²) in [5, 5.41) is 5.71. The number of rotatable bonds is 5. The van der Waals surface area contributed by atoms with Crippen LogP contribution in [0.3, 0.4) is 0 Å². The molecule has 3 rings (SSSR count). The molecule has 1 amide bonds. The van der Waals surface area contributed by atoms with Crippen LogP contribution in [0.1, 0.15) is 21.6 Å². The maximum atomic E-state index is 13.0. The fourth-order valence-electron chi connectivity index (χ4n) is 2.54. The van der Waals surface area contributed by atoms with Gasteiger partial charge in [0.25, 0.3) is 5.91 Å². The third-order valence-electron chi connectivity index (χ3n) is 3.98. The van der Waals surface area contributed by atoms with Crippen LogP contribution in [-0.2, 0) is 12.6 Å². The Kier molecular flexibility index (Phi) is 6.73. The Labute approximate surface area is 175 Å². The number of imidazole rings is 1. The molecule has 0 unspecified atom stereocenters. The van der Waals surface area contributed by atoms with E-state index in [0.29, 0.717) is 11.4 Å². The Morgan fingerprint density at radius 1 is 1.17 bits per heavy atom. The molecule has 30 heavy (non-hydrogen) atoms. The summed E-state index contributed by atoms with van der Waals surface area (Å²) in [5.41, 5.74) is 0.440. The fourth-order valence-corrected chi connectivity index (χ4v) is 2.73. The highest BCUT2D eigenvalue weighted by Gasteiger charge is 2.30. The number of alkyl halides is 3. The van der Waals surface area contributed by atoms with Crippen LogP contribution in [0, 0.1) is 0 Å². The summed E-state index contributed by atoms with van der Waals surface area (Å²) in [7, 11) is 0. The number of amides is 1. The van der Waals surface area contributed by atoms with Gasteiger partial charge in [-0.15, -0.1) is 0 Å². The average molecular weight is 436 g/mol. The van der Waals surface area contributed by atoms with Gasteiger partial charge in [0.1, 0.15) is 0 Å². The monoisotopic (exact) mass is 435 g/mol. The molecule has 0 radical (unpaired) electrons. The molecule has 0 spiro atoms. The first-order valence-corrected chi connectivity index (χ1v) is 9.22. The van der Waals surface area contributed by atoms with Crippen LogP contribution in [0.5, 0.6) is 0 Å². The summed E-state index contributed by atoms with van der Waals surface area (Å²) in [6, 6.07) is 10.9. The third kappa shape index (κ3) is 6.08. The molecule has 0 aliphatic rings. The summed E-state index contributed by atoms with van der Waals surface area (Å²) in [6.07, 6.45) is -0.817. The molecule has 0 bridgehead atoms. The SMILES string of the molecule is O=C(NC(=NCCc1cnc[nH]1)Nc1cccc(C(F)(F)F)c1)c1cccc(Cl)c1. The van der Waals surface area contributed by atoms with Crippen molar-refractivity contribution < 1.29 is 18.0 Å². The van der Waals surface area contributed by atoms with Gasteiger partial charge in [-0.1, -0.05) is 23.7 Å². The van der Waals surface area contributed by atoms with Gasteiger partial charge in [-0.2, -0.15) is 13.2 Å². The minimum absolute atomic E-state index is 0.0128. The van der Waals surface area contributed by atoms with Crippen molar-refractivity contribution in [2.24, 2.45) is 4.99 Å². The van der Waals surface area contributed by atoms with Crippen molar-refractivity contribution in [1.82, 2.24) is 15.3 Å². The molecule has 1 heterocycles. The highest BCUT2D eigenvalue weighted by atomic mass is 35.5. The number of nitrogens with one attached hydrogen (secondary N) is 3. The molecule has 0 atom stereocenters. The first kappa shape index (κ1) is 21.4. The zero-order valence-electron chi connectivity index (χ0n) is 15.5. The molecule has 0 aliphatic heterocycles. The number of carbonyl (C=O) groups excluding carboxylic acids is 1. The minimum Gasteiger partial charge on any atom is -0.348 e. The van der Waals surface area contributed by atoms with E-state index in [-0.39, 0.29) is 23.8 Å². The van der Waals surface area contributed by atoms with Crippen LogP contribution < -0.4 is 10.6 Å². The van der Waals surface area contributed by atoms with Crippen LogP contribution in [0.2, 0.25) is 5.02 Å². The Morgan fingerprint density at radius 2 is 1.97 bits per heavy atom. The van der Waals surface area contributed by atoms with E-state index in [1.165, 1.54) is 24.5 Å². The number of benzene rings is 2. The zero-order chi connectivity index (χ0) is 21.6. The summed E-state index contributed by atoms with van der Waals surface area (Å²) in [4.78, 5) is 23.7. The van der Waals surface area contributed by atoms with Gasteiger partial charge < -0.3 is 10.3 Å². The normalized spacial score (nSPS) is 11.9. The lowest BCUT2D eigenvalue weighted by molar-refractivity contribution is -0.137. The number of carbonyl (C=O) groups is 1. The molecule has 1 aromatic heterocycles. The van der Waals surface area contributed by atoms with Crippen molar-refractivity contribution in [1.29, 1.82) is 0 Å². The third-order valence-corrected chi connectivity index (χ3v) is 4.21. The molecule has 3 N–H and O–H groups in total. The Bertz CT molecular complexity index is 1030. The quantitative estimate of drug-likeness (QED) is 0.407. The topological polar surface area (TPSA) is 82.2 Å². The van der Waals surface area contributed by atoms with Crippen molar-refractivity contribution >= 4 is 29.2 Å². The lowest BCUT2D eigenvalue weighted by atomic mass is 10.2.